The lowest BCUT2D eigenvalue weighted by molar-refractivity contribution is 0.886. The van der Waals surface area contributed by atoms with E-state index in [2.05, 4.69) is 11.4 Å². The fourth-order valence-corrected chi connectivity index (χ4v) is 0.901. The van der Waals surface area contributed by atoms with E-state index in [-0.39, 0.29) is 6.04 Å². The van der Waals surface area contributed by atoms with Crippen LogP contribution in [0.1, 0.15) is 0 Å². The summed E-state index contributed by atoms with van der Waals surface area (Å²) >= 11 is 5.38. The maximum atomic E-state index is 5.38. The van der Waals surface area contributed by atoms with Crippen molar-refractivity contribution in [3.8, 4) is 0 Å². The van der Waals surface area contributed by atoms with Crippen molar-refractivity contribution in [1.82, 2.24) is 4.84 Å². The van der Waals surface area contributed by atoms with Crippen molar-refractivity contribution in [1.29, 1.82) is 0 Å². The minimum Gasteiger partial charge on any atom is -0.222 e. The van der Waals surface area contributed by atoms with E-state index in [1.54, 1.807) is 0 Å². The van der Waals surface area contributed by atoms with E-state index in [4.69, 9.17) is 11.8 Å². The molecule has 0 aromatic carbocycles. The number of hydrogen-bond donors (Lipinski definition) is 1. The molecular formula is C7H8ClN. The quantitative estimate of drug-likeness (QED) is 0.549. The molecule has 0 aromatic rings. The van der Waals surface area contributed by atoms with Gasteiger partial charge in [0.1, 0.15) is 0 Å². The molecule has 1 aliphatic rings. The van der Waals surface area contributed by atoms with Gasteiger partial charge in [0.15, 0.2) is 0 Å². The highest BCUT2D eigenvalue weighted by molar-refractivity contribution is 6.13. The van der Waals surface area contributed by atoms with Gasteiger partial charge in [-0.1, -0.05) is 30.9 Å². The first kappa shape index (κ1) is 6.59. The molecule has 1 aliphatic carbocycles. The zero-order valence-corrected chi connectivity index (χ0v) is 5.73. The van der Waals surface area contributed by atoms with Crippen molar-refractivity contribution >= 4 is 11.8 Å². The SMILES string of the molecule is C=C1C=CC=CC1NCl. The molecule has 2 heteroatoms. The smallest absolute Gasteiger partial charge is 0.0648 e. The van der Waals surface area contributed by atoms with Crippen LogP contribution in [0.2, 0.25) is 0 Å². The molecule has 0 saturated heterocycles. The summed E-state index contributed by atoms with van der Waals surface area (Å²) in [6.45, 7) is 3.78. The summed E-state index contributed by atoms with van der Waals surface area (Å²) in [5, 5.41) is 0. The number of rotatable bonds is 1. The highest BCUT2D eigenvalue weighted by Crippen LogP contribution is 2.08. The molecule has 1 rings (SSSR count). The van der Waals surface area contributed by atoms with Crippen molar-refractivity contribution in [2.75, 3.05) is 0 Å². The molecule has 0 saturated carbocycles. The Morgan fingerprint density at radius 2 is 2.33 bits per heavy atom. The van der Waals surface area contributed by atoms with Gasteiger partial charge in [-0.15, -0.1) is 0 Å². The first-order valence-electron chi connectivity index (χ1n) is 2.74. The van der Waals surface area contributed by atoms with Crippen molar-refractivity contribution in [3.05, 3.63) is 36.5 Å². The van der Waals surface area contributed by atoms with Crippen LogP contribution in [-0.2, 0) is 0 Å². The van der Waals surface area contributed by atoms with Crippen LogP contribution in [0.3, 0.4) is 0 Å². The third kappa shape index (κ3) is 1.44. The largest absolute Gasteiger partial charge is 0.222 e. The van der Waals surface area contributed by atoms with Crippen LogP contribution < -0.4 is 4.84 Å². The zero-order valence-electron chi connectivity index (χ0n) is 4.97. The molecule has 0 heterocycles. The van der Waals surface area contributed by atoms with Gasteiger partial charge in [-0.3, -0.25) is 0 Å². The van der Waals surface area contributed by atoms with Gasteiger partial charge in [0.25, 0.3) is 0 Å². The Hall–Kier alpha value is -0.530. The van der Waals surface area contributed by atoms with Crippen LogP contribution in [0.4, 0.5) is 0 Å². The summed E-state index contributed by atoms with van der Waals surface area (Å²) in [4.78, 5) is 2.59. The van der Waals surface area contributed by atoms with Crippen LogP contribution in [-0.4, -0.2) is 6.04 Å². The van der Waals surface area contributed by atoms with Crippen LogP contribution in [0.5, 0.6) is 0 Å². The summed E-state index contributed by atoms with van der Waals surface area (Å²) in [6, 6.07) is 0.108. The molecule has 1 nitrogen and oxygen atoms in total. The maximum Gasteiger partial charge on any atom is 0.0648 e. The van der Waals surface area contributed by atoms with E-state index >= 15 is 0 Å². The molecule has 0 spiro atoms. The van der Waals surface area contributed by atoms with Gasteiger partial charge in [-0.25, -0.2) is 4.84 Å². The maximum absolute atomic E-state index is 5.38. The van der Waals surface area contributed by atoms with Crippen LogP contribution >= 0.6 is 11.8 Å². The number of allylic oxidation sites excluding steroid dienone is 2. The van der Waals surface area contributed by atoms with Gasteiger partial charge in [-0.2, -0.15) is 0 Å². The van der Waals surface area contributed by atoms with Crippen molar-refractivity contribution in [3.63, 3.8) is 0 Å². The Kier molecular flexibility index (Phi) is 2.09. The van der Waals surface area contributed by atoms with Gasteiger partial charge in [-0.05, 0) is 17.3 Å². The molecule has 0 aliphatic heterocycles. The zero-order chi connectivity index (χ0) is 6.69. The number of halogens is 1. The van der Waals surface area contributed by atoms with Crippen molar-refractivity contribution in [2.24, 2.45) is 0 Å². The molecule has 0 fully saturated rings. The molecular weight excluding hydrogens is 134 g/mol. The van der Waals surface area contributed by atoms with Crippen LogP contribution in [0.25, 0.3) is 0 Å². The average molecular weight is 142 g/mol. The van der Waals surface area contributed by atoms with Gasteiger partial charge < -0.3 is 0 Å². The Morgan fingerprint density at radius 1 is 1.56 bits per heavy atom. The van der Waals surface area contributed by atoms with E-state index in [9.17, 15) is 0 Å². The molecule has 0 bridgehead atoms. The Balaban J connectivity index is 2.66. The van der Waals surface area contributed by atoms with Crippen LogP contribution in [0, 0.1) is 0 Å². The van der Waals surface area contributed by atoms with E-state index in [1.165, 1.54) is 0 Å². The summed E-state index contributed by atoms with van der Waals surface area (Å²) in [5.41, 5.74) is 0.993. The predicted octanol–water partition coefficient (Wildman–Crippen LogP) is 1.78. The minimum atomic E-state index is 0.108. The molecule has 48 valence electrons. The fourth-order valence-electron chi connectivity index (χ4n) is 0.688. The number of hydrogen-bond acceptors (Lipinski definition) is 1. The monoisotopic (exact) mass is 141 g/mol. The normalized spacial score (nSPS) is 25.0. The lowest BCUT2D eigenvalue weighted by atomic mass is 10.1. The Labute approximate surface area is 59.8 Å². The molecule has 1 unspecified atom stereocenters. The highest BCUT2D eigenvalue weighted by atomic mass is 35.5. The fraction of sp³-hybridized carbons (Fsp3) is 0.143. The lowest BCUT2D eigenvalue weighted by Crippen LogP contribution is -2.19. The third-order valence-corrected chi connectivity index (χ3v) is 1.48. The predicted molar refractivity (Wildman–Crippen MR) is 40.2 cm³/mol. The first-order valence-corrected chi connectivity index (χ1v) is 3.12. The van der Waals surface area contributed by atoms with Gasteiger partial charge in [0.2, 0.25) is 0 Å². The molecule has 1 atom stereocenters. The summed E-state index contributed by atoms with van der Waals surface area (Å²) in [7, 11) is 0. The van der Waals surface area contributed by atoms with Gasteiger partial charge >= 0.3 is 0 Å². The van der Waals surface area contributed by atoms with E-state index < -0.39 is 0 Å². The Morgan fingerprint density at radius 3 is 2.78 bits per heavy atom. The van der Waals surface area contributed by atoms with Crippen molar-refractivity contribution < 1.29 is 0 Å². The van der Waals surface area contributed by atoms with Gasteiger partial charge in [0, 0.05) is 0 Å². The number of nitrogens with one attached hydrogen (secondary N) is 1. The second-order valence-electron chi connectivity index (χ2n) is 1.91. The second kappa shape index (κ2) is 2.85. The standard InChI is InChI=1S/C7H8ClN/c1-6-4-2-3-5-7(6)9-8/h2-5,7,9H,1H2. The van der Waals surface area contributed by atoms with E-state index in [0.29, 0.717) is 0 Å². The summed E-state index contributed by atoms with van der Waals surface area (Å²) < 4.78 is 0. The molecule has 9 heavy (non-hydrogen) atoms. The second-order valence-corrected chi connectivity index (χ2v) is 2.12. The topological polar surface area (TPSA) is 12.0 Å². The van der Waals surface area contributed by atoms with E-state index in [0.717, 1.165) is 5.57 Å². The highest BCUT2D eigenvalue weighted by Gasteiger charge is 2.05. The third-order valence-electron chi connectivity index (χ3n) is 1.24. The summed E-state index contributed by atoms with van der Waals surface area (Å²) in [6.07, 6.45) is 7.76. The molecule has 0 amide bonds. The first-order chi connectivity index (χ1) is 4.34. The molecule has 1 N–H and O–H groups in total. The van der Waals surface area contributed by atoms with Crippen LogP contribution in [0.15, 0.2) is 36.5 Å². The van der Waals surface area contributed by atoms with E-state index in [1.807, 2.05) is 24.3 Å². The van der Waals surface area contributed by atoms with Gasteiger partial charge in [0.05, 0.1) is 6.04 Å². The molecule has 0 aromatic heterocycles. The molecule has 0 radical (unpaired) electrons. The van der Waals surface area contributed by atoms with Crippen molar-refractivity contribution in [2.45, 2.75) is 6.04 Å². The Bertz CT molecular complexity index is 170. The summed E-state index contributed by atoms with van der Waals surface area (Å²) in [5.74, 6) is 0. The average Bonchev–Trinajstić information content (AvgIpc) is 1.89. The lowest BCUT2D eigenvalue weighted by Gasteiger charge is -2.11. The minimum absolute atomic E-state index is 0.108.